The molecule has 36 heavy (non-hydrogen) atoms. The van der Waals surface area contributed by atoms with Gasteiger partial charge in [-0.2, -0.15) is 0 Å². The molecule has 2 aliphatic rings. The monoisotopic (exact) mass is 494 g/mol. The summed E-state index contributed by atoms with van der Waals surface area (Å²) in [6, 6.07) is 13.6. The lowest BCUT2D eigenvalue weighted by Gasteiger charge is -2.26. The van der Waals surface area contributed by atoms with Crippen LogP contribution in [-0.2, 0) is 28.8 Å². The average Bonchev–Trinajstić information content (AvgIpc) is 3.56. The molecular weight excluding hydrogens is 456 g/mol. The molecule has 0 saturated heterocycles. The lowest BCUT2D eigenvalue weighted by Crippen LogP contribution is -2.40. The number of ether oxygens (including phenoxy) is 2. The van der Waals surface area contributed by atoms with Crippen LogP contribution in [0.1, 0.15) is 55.7 Å². The molecule has 0 aliphatic heterocycles. The van der Waals surface area contributed by atoms with E-state index in [4.69, 9.17) is 9.47 Å². The minimum Gasteiger partial charge on any atom is -0.492 e. The van der Waals surface area contributed by atoms with E-state index in [0.717, 1.165) is 30.6 Å². The Morgan fingerprint density at radius 1 is 1.06 bits per heavy atom. The molecule has 2 aromatic carbocycles. The van der Waals surface area contributed by atoms with Crippen molar-refractivity contribution < 1.29 is 24.2 Å². The van der Waals surface area contributed by atoms with Crippen molar-refractivity contribution in [3.63, 3.8) is 0 Å². The Morgan fingerprint density at radius 3 is 2.53 bits per heavy atom. The normalized spacial score (nSPS) is 15.9. The van der Waals surface area contributed by atoms with Crippen molar-refractivity contribution in [2.45, 2.75) is 64.4 Å². The van der Waals surface area contributed by atoms with Gasteiger partial charge in [0.2, 0.25) is 0 Å². The highest BCUT2D eigenvalue weighted by Crippen LogP contribution is 2.27. The zero-order chi connectivity index (χ0) is 25.3. The van der Waals surface area contributed by atoms with Crippen LogP contribution in [0.4, 0.5) is 10.5 Å². The molecule has 1 atom stereocenters. The first kappa shape index (κ1) is 26.0. The number of benzene rings is 2. The smallest absolute Gasteiger partial charge is 0.333 e. The van der Waals surface area contributed by atoms with Crippen LogP contribution in [0.25, 0.3) is 0 Å². The average molecular weight is 495 g/mol. The van der Waals surface area contributed by atoms with Gasteiger partial charge in [-0.05, 0) is 85.9 Å². The zero-order valence-electron chi connectivity index (χ0n) is 21.2. The maximum Gasteiger partial charge on any atom is 0.333 e. The maximum absolute atomic E-state index is 13.2. The summed E-state index contributed by atoms with van der Waals surface area (Å²) in [4.78, 5) is 26.4. The summed E-state index contributed by atoms with van der Waals surface area (Å²) < 4.78 is 11.2. The fraction of sp³-hybridized carbons (Fsp3) is 0.517. The number of carboxylic acid groups (broad SMARTS) is 1. The molecule has 0 spiro atoms. The minimum atomic E-state index is -0.960. The number of carboxylic acids is 1. The van der Waals surface area contributed by atoms with Crippen LogP contribution in [0, 0.1) is 5.92 Å². The third-order valence-electron chi connectivity index (χ3n) is 7.21. The van der Waals surface area contributed by atoms with Crippen LogP contribution < -0.4 is 10.1 Å². The van der Waals surface area contributed by atoms with E-state index in [-0.39, 0.29) is 6.03 Å². The molecule has 4 rings (SSSR count). The topological polar surface area (TPSA) is 88.1 Å². The van der Waals surface area contributed by atoms with Crippen LogP contribution >= 0.6 is 0 Å². The van der Waals surface area contributed by atoms with E-state index in [1.54, 1.807) is 6.92 Å². The molecule has 7 heteroatoms. The predicted octanol–water partition coefficient (Wildman–Crippen LogP) is 5.31. The first-order valence-electron chi connectivity index (χ1n) is 13.3. The third kappa shape index (κ3) is 7.23. The Hall–Kier alpha value is -3.06. The number of hydrogen-bond acceptors (Lipinski definition) is 4. The summed E-state index contributed by atoms with van der Waals surface area (Å²) in [6.07, 6.45) is 7.67. The van der Waals surface area contributed by atoms with Crippen molar-refractivity contribution >= 4 is 17.7 Å². The number of aliphatic carboxylic acids is 1. The van der Waals surface area contributed by atoms with Crippen molar-refractivity contribution in [2.24, 2.45) is 5.92 Å². The van der Waals surface area contributed by atoms with E-state index in [1.807, 2.05) is 35.2 Å². The van der Waals surface area contributed by atoms with E-state index >= 15 is 0 Å². The van der Waals surface area contributed by atoms with Crippen molar-refractivity contribution in [3.8, 4) is 5.75 Å². The highest BCUT2D eigenvalue weighted by atomic mass is 16.5. The number of nitrogens with zero attached hydrogens (tertiary/aromatic N) is 1. The molecular formula is C29H38N2O5. The minimum absolute atomic E-state index is 0.0746. The van der Waals surface area contributed by atoms with Gasteiger partial charge in [-0.1, -0.05) is 31.0 Å². The molecule has 194 valence electrons. The molecule has 1 saturated carbocycles. The van der Waals surface area contributed by atoms with Gasteiger partial charge >= 0.3 is 12.0 Å². The van der Waals surface area contributed by atoms with Crippen LogP contribution in [0.5, 0.6) is 5.75 Å². The Balaban J connectivity index is 1.31. The number of aryl methyl sites for hydroxylation is 2. The number of carbonyl (C=O) groups is 2. The van der Waals surface area contributed by atoms with Gasteiger partial charge < -0.3 is 24.8 Å². The molecule has 1 unspecified atom stereocenters. The predicted molar refractivity (Wildman–Crippen MR) is 140 cm³/mol. The van der Waals surface area contributed by atoms with E-state index in [1.165, 1.54) is 43.2 Å². The number of hydrogen-bond donors (Lipinski definition) is 2. The summed E-state index contributed by atoms with van der Waals surface area (Å²) >= 11 is 0. The van der Waals surface area contributed by atoms with Crippen molar-refractivity contribution in [3.05, 3.63) is 59.2 Å². The lowest BCUT2D eigenvalue weighted by molar-refractivity contribution is -0.149. The molecule has 7 nitrogen and oxygen atoms in total. The number of anilines is 1. The largest absolute Gasteiger partial charge is 0.492 e. The van der Waals surface area contributed by atoms with Gasteiger partial charge in [0.25, 0.3) is 0 Å². The van der Waals surface area contributed by atoms with Crippen LogP contribution in [0.3, 0.4) is 0 Å². The highest BCUT2D eigenvalue weighted by Gasteiger charge is 2.23. The van der Waals surface area contributed by atoms with Gasteiger partial charge in [0.15, 0.2) is 6.10 Å². The molecule has 2 amide bonds. The second-order valence-corrected chi connectivity index (χ2v) is 9.84. The standard InChI is InChI=1S/C29H38N2O5/c1-2-35-27(28(32)33)18-21-10-14-26(15-11-21)36-17-16-31(20-22-6-3-4-7-22)29(34)30-25-13-12-23-8-5-9-24(23)19-25/h10-15,19,22,27H,2-9,16-18,20H2,1H3,(H,30,34)(H,32,33). The number of urea groups is 1. The molecule has 2 aromatic rings. The summed E-state index contributed by atoms with van der Waals surface area (Å²) in [6.45, 7) is 3.78. The molecule has 0 radical (unpaired) electrons. The second-order valence-electron chi connectivity index (χ2n) is 9.84. The number of fused-ring (bicyclic) bond motifs is 1. The number of rotatable bonds is 12. The van der Waals surface area contributed by atoms with Crippen LogP contribution in [0.15, 0.2) is 42.5 Å². The third-order valence-corrected chi connectivity index (χ3v) is 7.21. The van der Waals surface area contributed by atoms with E-state index in [2.05, 4.69) is 17.4 Å². The van der Waals surface area contributed by atoms with Gasteiger partial charge in [-0.25, -0.2) is 9.59 Å². The summed E-state index contributed by atoms with van der Waals surface area (Å²) in [7, 11) is 0. The first-order chi connectivity index (χ1) is 17.5. The first-order valence-corrected chi connectivity index (χ1v) is 13.3. The van der Waals surface area contributed by atoms with E-state index in [0.29, 0.717) is 37.8 Å². The molecule has 1 fully saturated rings. The van der Waals surface area contributed by atoms with E-state index < -0.39 is 12.1 Å². The fourth-order valence-electron chi connectivity index (χ4n) is 5.26. The molecule has 0 heterocycles. The quantitative estimate of drug-likeness (QED) is 0.417. The Labute approximate surface area is 213 Å². The Kier molecular flexibility index (Phi) is 9.23. The lowest BCUT2D eigenvalue weighted by atomic mass is 10.1. The van der Waals surface area contributed by atoms with Gasteiger partial charge in [0, 0.05) is 25.3 Å². The SMILES string of the molecule is CCOC(Cc1ccc(OCCN(CC2CCCC2)C(=O)Nc2ccc3c(c2)CCC3)cc1)C(=O)O. The molecule has 0 aromatic heterocycles. The fourth-order valence-corrected chi connectivity index (χ4v) is 5.26. The van der Waals surface area contributed by atoms with Gasteiger partial charge in [0.1, 0.15) is 12.4 Å². The highest BCUT2D eigenvalue weighted by molar-refractivity contribution is 5.89. The summed E-state index contributed by atoms with van der Waals surface area (Å²) in [5.41, 5.74) is 4.48. The molecule has 2 N–H and O–H groups in total. The van der Waals surface area contributed by atoms with Crippen molar-refractivity contribution in [2.75, 3.05) is 31.6 Å². The van der Waals surface area contributed by atoms with Gasteiger partial charge in [0.05, 0.1) is 6.54 Å². The zero-order valence-corrected chi connectivity index (χ0v) is 21.2. The van der Waals surface area contributed by atoms with Crippen LogP contribution in [-0.4, -0.2) is 54.4 Å². The van der Waals surface area contributed by atoms with Crippen molar-refractivity contribution in [1.29, 1.82) is 0 Å². The molecule has 2 aliphatic carbocycles. The summed E-state index contributed by atoms with van der Waals surface area (Å²) in [5, 5.41) is 12.4. The van der Waals surface area contributed by atoms with Crippen molar-refractivity contribution in [1.82, 2.24) is 4.90 Å². The maximum atomic E-state index is 13.2. The van der Waals surface area contributed by atoms with Gasteiger partial charge in [-0.15, -0.1) is 0 Å². The second kappa shape index (κ2) is 12.8. The number of amides is 2. The number of carbonyl (C=O) groups excluding carboxylic acids is 1. The Morgan fingerprint density at radius 2 is 1.81 bits per heavy atom. The number of nitrogens with one attached hydrogen (secondary N) is 1. The van der Waals surface area contributed by atoms with E-state index in [9.17, 15) is 14.7 Å². The Bertz CT molecular complexity index is 1020. The molecule has 0 bridgehead atoms. The van der Waals surface area contributed by atoms with Gasteiger partial charge in [-0.3, -0.25) is 0 Å². The summed E-state index contributed by atoms with van der Waals surface area (Å²) in [5.74, 6) is 0.280. The van der Waals surface area contributed by atoms with Crippen LogP contribution in [0.2, 0.25) is 0 Å².